The maximum atomic E-state index is 6.27. The lowest BCUT2D eigenvalue weighted by molar-refractivity contribution is 0.120. The van der Waals surface area contributed by atoms with Crippen molar-refractivity contribution in [3.05, 3.63) is 59.1 Å². The molecule has 128 valence electrons. The van der Waals surface area contributed by atoms with Gasteiger partial charge in [0.2, 0.25) is 0 Å². The quantitative estimate of drug-likeness (QED) is 0.600. The number of anilines is 2. The number of nitrogens with zero attached hydrogens (tertiary/aromatic N) is 1. The Bertz CT molecular complexity index is 906. The van der Waals surface area contributed by atoms with Crippen molar-refractivity contribution in [1.82, 2.24) is 4.98 Å². The molecule has 0 atom stereocenters. The second kappa shape index (κ2) is 6.93. The van der Waals surface area contributed by atoms with E-state index in [1.165, 1.54) is 24.8 Å². The summed E-state index contributed by atoms with van der Waals surface area (Å²) in [7, 11) is 0. The number of benzene rings is 2. The summed E-state index contributed by atoms with van der Waals surface area (Å²) in [5, 5.41) is 5.13. The zero-order valence-corrected chi connectivity index (χ0v) is 15.0. The lowest BCUT2D eigenvalue weighted by Crippen LogP contribution is -2.24. The van der Waals surface area contributed by atoms with Gasteiger partial charge in [0.05, 0.1) is 16.6 Å². The number of hydrogen-bond donors (Lipinski definition) is 1. The maximum absolute atomic E-state index is 6.27. The smallest absolute Gasteiger partial charge is 0.131 e. The third-order valence-corrected chi connectivity index (χ3v) is 5.05. The molecule has 1 aromatic heterocycles. The van der Waals surface area contributed by atoms with Crippen molar-refractivity contribution >= 4 is 34.0 Å². The van der Waals surface area contributed by atoms with Crippen LogP contribution in [0.3, 0.4) is 0 Å². The van der Waals surface area contributed by atoms with Crippen LogP contribution in [0.2, 0.25) is 5.02 Å². The van der Waals surface area contributed by atoms with Crippen LogP contribution in [0.25, 0.3) is 10.9 Å². The van der Waals surface area contributed by atoms with Crippen molar-refractivity contribution < 1.29 is 4.74 Å². The second-order valence-corrected chi connectivity index (χ2v) is 6.88. The fraction of sp³-hybridized carbons (Fsp3) is 0.286. The minimum Gasteiger partial charge on any atom is -0.490 e. The largest absolute Gasteiger partial charge is 0.490 e. The average Bonchev–Trinajstić information content (AvgIpc) is 2.60. The van der Waals surface area contributed by atoms with Crippen molar-refractivity contribution in [2.75, 3.05) is 5.32 Å². The van der Waals surface area contributed by atoms with Gasteiger partial charge in [0.1, 0.15) is 11.6 Å². The number of para-hydroxylation sites is 1. The van der Waals surface area contributed by atoms with Gasteiger partial charge in [-0.2, -0.15) is 0 Å². The van der Waals surface area contributed by atoms with Crippen LogP contribution in [0, 0.1) is 0 Å². The van der Waals surface area contributed by atoms with Gasteiger partial charge >= 0.3 is 0 Å². The molecular formula is C21H21ClN2O. The van der Waals surface area contributed by atoms with Gasteiger partial charge < -0.3 is 10.1 Å². The number of hydrogen-bond acceptors (Lipinski definition) is 3. The Morgan fingerprint density at radius 3 is 2.80 bits per heavy atom. The number of halogens is 1. The second-order valence-electron chi connectivity index (χ2n) is 6.48. The van der Waals surface area contributed by atoms with Crippen molar-refractivity contribution in [2.24, 2.45) is 0 Å². The molecule has 0 bridgehead atoms. The van der Waals surface area contributed by atoms with Crippen LogP contribution in [0.5, 0.6) is 5.75 Å². The van der Waals surface area contributed by atoms with E-state index in [2.05, 4.69) is 29.4 Å². The van der Waals surface area contributed by atoms with Crippen LogP contribution in [0.1, 0.15) is 31.7 Å². The topological polar surface area (TPSA) is 34.1 Å². The first kappa shape index (κ1) is 16.2. The van der Waals surface area contributed by atoms with E-state index in [-0.39, 0.29) is 0 Å². The number of aromatic nitrogens is 1. The van der Waals surface area contributed by atoms with Crippen molar-refractivity contribution in [3.8, 4) is 5.75 Å². The highest BCUT2D eigenvalue weighted by atomic mass is 35.5. The number of pyridine rings is 1. The lowest BCUT2D eigenvalue weighted by Gasteiger charge is -2.26. The molecule has 0 radical (unpaired) electrons. The molecule has 0 amide bonds. The molecule has 1 fully saturated rings. The molecular weight excluding hydrogens is 332 g/mol. The number of nitrogens with one attached hydrogen (secondary N) is 1. The summed E-state index contributed by atoms with van der Waals surface area (Å²) in [5.41, 5.74) is 3.09. The summed E-state index contributed by atoms with van der Waals surface area (Å²) in [6.45, 7) is 2.15. The zero-order valence-electron chi connectivity index (χ0n) is 14.3. The predicted molar refractivity (Wildman–Crippen MR) is 104 cm³/mol. The zero-order chi connectivity index (χ0) is 17.2. The molecule has 0 unspecified atom stereocenters. The van der Waals surface area contributed by atoms with Crippen LogP contribution in [0.4, 0.5) is 11.5 Å². The third-order valence-electron chi connectivity index (χ3n) is 4.75. The summed E-state index contributed by atoms with van der Waals surface area (Å²) in [6, 6.07) is 16.1. The SMILES string of the molecule is CCc1cc(OC2CCC2)ccc1Nc1ccc2cccc(Cl)c2n1. The molecule has 0 saturated heterocycles. The van der Waals surface area contributed by atoms with E-state index in [1.807, 2.05) is 36.4 Å². The molecule has 1 aliphatic rings. The summed E-state index contributed by atoms with van der Waals surface area (Å²) in [5.74, 6) is 1.75. The van der Waals surface area contributed by atoms with E-state index in [0.717, 1.165) is 34.6 Å². The Balaban J connectivity index is 1.60. The van der Waals surface area contributed by atoms with Gasteiger partial charge in [-0.05, 0) is 67.6 Å². The van der Waals surface area contributed by atoms with Gasteiger partial charge in [-0.25, -0.2) is 4.98 Å². The van der Waals surface area contributed by atoms with Crippen LogP contribution < -0.4 is 10.1 Å². The molecule has 1 aliphatic carbocycles. The van der Waals surface area contributed by atoms with Gasteiger partial charge in [-0.1, -0.05) is 30.7 Å². The number of aryl methyl sites for hydroxylation is 1. The molecule has 4 heteroatoms. The van der Waals surface area contributed by atoms with Crippen LogP contribution in [-0.4, -0.2) is 11.1 Å². The highest BCUT2D eigenvalue weighted by molar-refractivity contribution is 6.35. The number of rotatable bonds is 5. The first-order chi connectivity index (χ1) is 12.2. The van der Waals surface area contributed by atoms with Gasteiger partial charge in [0, 0.05) is 11.1 Å². The van der Waals surface area contributed by atoms with Crippen LogP contribution in [-0.2, 0) is 6.42 Å². The lowest BCUT2D eigenvalue weighted by atomic mass is 9.96. The van der Waals surface area contributed by atoms with Gasteiger partial charge in [-0.15, -0.1) is 0 Å². The molecule has 3 nitrogen and oxygen atoms in total. The van der Waals surface area contributed by atoms with Crippen molar-refractivity contribution in [1.29, 1.82) is 0 Å². The molecule has 0 spiro atoms. The Kier molecular flexibility index (Phi) is 4.50. The summed E-state index contributed by atoms with van der Waals surface area (Å²) in [4.78, 5) is 4.66. The average molecular weight is 353 g/mol. The van der Waals surface area contributed by atoms with Gasteiger partial charge in [0.25, 0.3) is 0 Å². The highest BCUT2D eigenvalue weighted by Crippen LogP contribution is 2.30. The molecule has 25 heavy (non-hydrogen) atoms. The molecule has 1 N–H and O–H groups in total. The molecule has 1 saturated carbocycles. The van der Waals surface area contributed by atoms with Gasteiger partial charge in [-0.3, -0.25) is 0 Å². The summed E-state index contributed by atoms with van der Waals surface area (Å²) in [6.07, 6.45) is 4.94. The standard InChI is InChI=1S/C21H21ClN2O/c1-2-14-13-17(25-16-6-4-7-16)10-11-19(14)23-20-12-9-15-5-3-8-18(22)21(15)24-20/h3,5,8-13,16H,2,4,6-7H2,1H3,(H,23,24). The maximum Gasteiger partial charge on any atom is 0.131 e. The molecule has 1 heterocycles. The van der Waals surface area contributed by atoms with E-state index in [1.54, 1.807) is 0 Å². The molecule has 0 aliphatic heterocycles. The van der Waals surface area contributed by atoms with Crippen LogP contribution in [0.15, 0.2) is 48.5 Å². The minimum absolute atomic E-state index is 0.396. The van der Waals surface area contributed by atoms with E-state index in [9.17, 15) is 0 Å². The normalized spacial score (nSPS) is 14.3. The first-order valence-corrected chi connectivity index (χ1v) is 9.22. The molecule has 3 aromatic rings. The Morgan fingerprint density at radius 1 is 1.16 bits per heavy atom. The molecule has 2 aromatic carbocycles. The molecule has 4 rings (SSSR count). The van der Waals surface area contributed by atoms with Gasteiger partial charge in [0.15, 0.2) is 0 Å². The van der Waals surface area contributed by atoms with Crippen molar-refractivity contribution in [3.63, 3.8) is 0 Å². The van der Waals surface area contributed by atoms with E-state index >= 15 is 0 Å². The summed E-state index contributed by atoms with van der Waals surface area (Å²) < 4.78 is 6.01. The monoisotopic (exact) mass is 352 g/mol. The van der Waals surface area contributed by atoms with Crippen molar-refractivity contribution in [2.45, 2.75) is 38.7 Å². The fourth-order valence-electron chi connectivity index (χ4n) is 3.06. The van der Waals surface area contributed by atoms with Crippen LogP contribution >= 0.6 is 11.6 Å². The Hall–Kier alpha value is -2.26. The summed E-state index contributed by atoms with van der Waals surface area (Å²) >= 11 is 6.27. The van der Waals surface area contributed by atoms with E-state index in [0.29, 0.717) is 11.1 Å². The predicted octanol–water partition coefficient (Wildman–Crippen LogP) is 6.13. The van der Waals surface area contributed by atoms with E-state index in [4.69, 9.17) is 16.3 Å². The third kappa shape index (κ3) is 3.42. The Morgan fingerprint density at radius 2 is 2.04 bits per heavy atom. The first-order valence-electron chi connectivity index (χ1n) is 8.85. The Labute approximate surface area is 153 Å². The minimum atomic E-state index is 0.396. The number of ether oxygens (including phenoxy) is 1. The highest BCUT2D eigenvalue weighted by Gasteiger charge is 2.19. The number of fused-ring (bicyclic) bond motifs is 1. The fourth-order valence-corrected chi connectivity index (χ4v) is 3.28. The van der Waals surface area contributed by atoms with E-state index < -0.39 is 0 Å².